The van der Waals surface area contributed by atoms with Gasteiger partial charge in [-0.2, -0.15) is 0 Å². The Balaban J connectivity index is 2.19. The summed E-state index contributed by atoms with van der Waals surface area (Å²) in [5.74, 6) is 1.10. The first kappa shape index (κ1) is 16.3. The molecule has 1 aromatic carbocycles. The van der Waals surface area contributed by atoms with Crippen molar-refractivity contribution >= 4 is 5.91 Å². The molecule has 0 spiro atoms. The van der Waals surface area contributed by atoms with E-state index in [-0.39, 0.29) is 19.1 Å². The van der Waals surface area contributed by atoms with Crippen molar-refractivity contribution in [1.29, 1.82) is 0 Å². The molecule has 112 valence electrons. The summed E-state index contributed by atoms with van der Waals surface area (Å²) < 4.78 is 15.1. The third kappa shape index (κ3) is 6.40. The zero-order chi connectivity index (χ0) is 14.8. The number of aliphatic hydroxyl groups is 1. The maximum absolute atomic E-state index is 11.5. The van der Waals surface area contributed by atoms with Gasteiger partial charge in [0.1, 0.15) is 11.5 Å². The van der Waals surface area contributed by atoms with Gasteiger partial charge in [-0.1, -0.05) is 0 Å². The molecule has 0 heterocycles. The van der Waals surface area contributed by atoms with Crippen LogP contribution in [-0.4, -0.2) is 51.1 Å². The van der Waals surface area contributed by atoms with Crippen LogP contribution < -0.4 is 14.8 Å². The first-order valence-electron chi connectivity index (χ1n) is 6.36. The smallest absolute Gasteiger partial charge is 0.257 e. The lowest BCUT2D eigenvalue weighted by Gasteiger charge is -2.11. The van der Waals surface area contributed by atoms with Gasteiger partial charge in [-0.3, -0.25) is 4.79 Å². The maximum Gasteiger partial charge on any atom is 0.257 e. The standard InChI is InChI=1S/C14H21NO5/c1-18-9-11(16)7-8-15-14(17)10-20-13-5-3-12(19-2)4-6-13/h3-6,11,16H,7-10H2,1-2H3,(H,15,17). The Labute approximate surface area is 118 Å². The van der Waals surface area contributed by atoms with Gasteiger partial charge in [0.15, 0.2) is 6.61 Å². The maximum atomic E-state index is 11.5. The summed E-state index contributed by atoms with van der Waals surface area (Å²) in [6.45, 7) is 0.584. The molecule has 0 aliphatic heterocycles. The number of amides is 1. The van der Waals surface area contributed by atoms with Crippen molar-refractivity contribution in [2.75, 3.05) is 34.0 Å². The van der Waals surface area contributed by atoms with E-state index in [0.29, 0.717) is 18.7 Å². The average molecular weight is 283 g/mol. The van der Waals surface area contributed by atoms with E-state index in [1.54, 1.807) is 31.4 Å². The number of methoxy groups -OCH3 is 2. The molecule has 2 N–H and O–H groups in total. The summed E-state index contributed by atoms with van der Waals surface area (Å²) in [4.78, 5) is 11.5. The number of hydrogen-bond acceptors (Lipinski definition) is 5. The Hall–Kier alpha value is -1.79. The number of aliphatic hydroxyl groups excluding tert-OH is 1. The number of hydrogen-bond donors (Lipinski definition) is 2. The molecule has 1 atom stereocenters. The number of carbonyl (C=O) groups excluding carboxylic acids is 1. The van der Waals surface area contributed by atoms with Crippen LogP contribution in [-0.2, 0) is 9.53 Å². The molecule has 6 nitrogen and oxygen atoms in total. The first-order valence-corrected chi connectivity index (χ1v) is 6.36. The minimum Gasteiger partial charge on any atom is -0.497 e. The molecule has 6 heteroatoms. The van der Waals surface area contributed by atoms with E-state index in [1.807, 2.05) is 0 Å². The van der Waals surface area contributed by atoms with E-state index >= 15 is 0 Å². The zero-order valence-electron chi connectivity index (χ0n) is 11.8. The highest BCUT2D eigenvalue weighted by atomic mass is 16.5. The SMILES string of the molecule is COCC(O)CCNC(=O)COc1ccc(OC)cc1. The summed E-state index contributed by atoms with van der Waals surface area (Å²) in [6.07, 6.45) is -0.120. The highest BCUT2D eigenvalue weighted by Crippen LogP contribution is 2.16. The second-order valence-electron chi connectivity index (χ2n) is 4.21. The third-order valence-electron chi connectivity index (χ3n) is 2.59. The van der Waals surface area contributed by atoms with Gasteiger partial charge in [-0.05, 0) is 30.7 Å². The van der Waals surface area contributed by atoms with E-state index in [9.17, 15) is 9.90 Å². The molecule has 0 fully saturated rings. The largest absolute Gasteiger partial charge is 0.497 e. The van der Waals surface area contributed by atoms with Crippen LogP contribution in [0.1, 0.15) is 6.42 Å². The molecule has 1 amide bonds. The van der Waals surface area contributed by atoms with Crippen molar-refractivity contribution in [2.45, 2.75) is 12.5 Å². The highest BCUT2D eigenvalue weighted by molar-refractivity contribution is 5.77. The molecule has 20 heavy (non-hydrogen) atoms. The Morgan fingerprint density at radius 2 is 1.90 bits per heavy atom. The topological polar surface area (TPSA) is 77.0 Å². The quantitative estimate of drug-likeness (QED) is 0.693. The van der Waals surface area contributed by atoms with Gasteiger partial charge < -0.3 is 24.6 Å². The molecule has 0 aliphatic carbocycles. The summed E-state index contributed by atoms with van der Waals surface area (Å²) in [5.41, 5.74) is 0. The van der Waals surface area contributed by atoms with Crippen LogP contribution in [0.5, 0.6) is 11.5 Å². The minimum atomic E-state index is -0.567. The molecule has 0 bridgehead atoms. The van der Waals surface area contributed by atoms with Gasteiger partial charge in [-0.15, -0.1) is 0 Å². The minimum absolute atomic E-state index is 0.0628. The molecule has 1 rings (SSSR count). The van der Waals surface area contributed by atoms with Gasteiger partial charge in [-0.25, -0.2) is 0 Å². The van der Waals surface area contributed by atoms with Gasteiger partial charge >= 0.3 is 0 Å². The molecular weight excluding hydrogens is 262 g/mol. The highest BCUT2D eigenvalue weighted by Gasteiger charge is 2.06. The van der Waals surface area contributed by atoms with Crippen molar-refractivity contribution in [3.63, 3.8) is 0 Å². The number of rotatable bonds is 9. The Bertz CT molecular complexity index is 393. The molecule has 1 aromatic rings. The number of benzene rings is 1. The lowest BCUT2D eigenvalue weighted by atomic mass is 10.2. The molecule has 1 unspecified atom stereocenters. The molecule has 0 saturated carbocycles. The van der Waals surface area contributed by atoms with Crippen LogP contribution >= 0.6 is 0 Å². The molecular formula is C14H21NO5. The molecule has 0 saturated heterocycles. The van der Waals surface area contributed by atoms with Crippen molar-refractivity contribution < 1.29 is 24.1 Å². The fraction of sp³-hybridized carbons (Fsp3) is 0.500. The second-order valence-corrected chi connectivity index (χ2v) is 4.21. The zero-order valence-corrected chi connectivity index (χ0v) is 11.8. The van der Waals surface area contributed by atoms with Crippen molar-refractivity contribution in [1.82, 2.24) is 5.32 Å². The predicted octanol–water partition coefficient (Wildman–Crippen LogP) is 0.588. The van der Waals surface area contributed by atoms with E-state index in [2.05, 4.69) is 5.32 Å². The van der Waals surface area contributed by atoms with Crippen LogP contribution in [0.4, 0.5) is 0 Å². The van der Waals surface area contributed by atoms with E-state index in [4.69, 9.17) is 14.2 Å². The Morgan fingerprint density at radius 1 is 1.25 bits per heavy atom. The molecule has 0 aliphatic rings. The fourth-order valence-corrected chi connectivity index (χ4v) is 1.53. The summed E-state index contributed by atoms with van der Waals surface area (Å²) in [5, 5.41) is 12.1. The van der Waals surface area contributed by atoms with E-state index in [1.165, 1.54) is 7.11 Å². The second kappa shape index (κ2) is 9.17. The normalized spacial score (nSPS) is 11.8. The van der Waals surface area contributed by atoms with Gasteiger partial charge in [0, 0.05) is 13.7 Å². The van der Waals surface area contributed by atoms with Crippen LogP contribution in [0.2, 0.25) is 0 Å². The lowest BCUT2D eigenvalue weighted by Crippen LogP contribution is -2.32. The molecule has 0 radical (unpaired) electrons. The van der Waals surface area contributed by atoms with Crippen LogP contribution in [0.25, 0.3) is 0 Å². The Kier molecular flexibility index (Phi) is 7.46. The number of nitrogens with one attached hydrogen (secondary N) is 1. The number of carbonyl (C=O) groups is 1. The summed E-state index contributed by atoms with van der Waals surface area (Å²) in [7, 11) is 3.10. The van der Waals surface area contributed by atoms with Gasteiger partial charge in [0.2, 0.25) is 0 Å². The first-order chi connectivity index (χ1) is 9.65. The molecule has 0 aromatic heterocycles. The van der Waals surface area contributed by atoms with Crippen LogP contribution in [0, 0.1) is 0 Å². The fourth-order valence-electron chi connectivity index (χ4n) is 1.53. The van der Waals surface area contributed by atoms with E-state index < -0.39 is 6.10 Å². The third-order valence-corrected chi connectivity index (χ3v) is 2.59. The van der Waals surface area contributed by atoms with Gasteiger partial charge in [0.25, 0.3) is 5.91 Å². The lowest BCUT2D eigenvalue weighted by molar-refractivity contribution is -0.123. The van der Waals surface area contributed by atoms with E-state index in [0.717, 1.165) is 5.75 Å². The van der Waals surface area contributed by atoms with Crippen LogP contribution in [0.3, 0.4) is 0 Å². The van der Waals surface area contributed by atoms with Crippen LogP contribution in [0.15, 0.2) is 24.3 Å². The van der Waals surface area contributed by atoms with Crippen molar-refractivity contribution in [3.8, 4) is 11.5 Å². The van der Waals surface area contributed by atoms with Crippen molar-refractivity contribution in [3.05, 3.63) is 24.3 Å². The summed E-state index contributed by atoms with van der Waals surface area (Å²) >= 11 is 0. The Morgan fingerprint density at radius 3 is 2.50 bits per heavy atom. The summed E-state index contributed by atoms with van der Waals surface area (Å²) in [6, 6.07) is 6.98. The average Bonchev–Trinajstić information content (AvgIpc) is 2.46. The predicted molar refractivity (Wildman–Crippen MR) is 74.0 cm³/mol. The number of ether oxygens (including phenoxy) is 3. The van der Waals surface area contributed by atoms with Gasteiger partial charge in [0.05, 0.1) is 19.8 Å². The monoisotopic (exact) mass is 283 g/mol. The van der Waals surface area contributed by atoms with Crippen molar-refractivity contribution in [2.24, 2.45) is 0 Å².